The van der Waals surface area contributed by atoms with E-state index in [1.165, 1.54) is 12.8 Å². The minimum Gasteiger partial charge on any atom is -0.394 e. The highest BCUT2D eigenvalue weighted by Gasteiger charge is 2.28. The van der Waals surface area contributed by atoms with E-state index in [0.717, 1.165) is 42.5 Å². The topological polar surface area (TPSA) is 83.5 Å². The molecule has 0 aromatic carbocycles. The van der Waals surface area contributed by atoms with Gasteiger partial charge in [-0.3, -0.25) is 0 Å². The molecule has 1 saturated heterocycles. The third kappa shape index (κ3) is 2.93. The van der Waals surface area contributed by atoms with Crippen LogP contribution in [0.5, 0.6) is 0 Å². The largest absolute Gasteiger partial charge is 0.394 e. The second kappa shape index (κ2) is 6.53. The molecule has 8 heteroatoms. The lowest BCUT2D eigenvalue weighted by molar-refractivity contribution is 0.216. The second-order valence-electron chi connectivity index (χ2n) is 7.83. The molecule has 1 aliphatic carbocycles. The first-order valence-electron chi connectivity index (χ1n) is 9.74. The summed E-state index contributed by atoms with van der Waals surface area (Å²) >= 11 is 0. The first kappa shape index (κ1) is 16.6. The van der Waals surface area contributed by atoms with Gasteiger partial charge in [0, 0.05) is 25.0 Å². The summed E-state index contributed by atoms with van der Waals surface area (Å²) in [5, 5.41) is 17.7. The molecule has 1 saturated carbocycles. The Labute approximate surface area is 157 Å². The average molecular weight is 367 g/mol. The highest BCUT2D eigenvalue weighted by molar-refractivity contribution is 5.73. The van der Waals surface area contributed by atoms with E-state index in [4.69, 9.17) is 4.98 Å². The molecule has 3 aromatic rings. The molecular formula is C19H25N7O. The fourth-order valence-corrected chi connectivity index (χ4v) is 4.25. The van der Waals surface area contributed by atoms with Crippen molar-refractivity contribution in [1.29, 1.82) is 0 Å². The van der Waals surface area contributed by atoms with E-state index >= 15 is 0 Å². The van der Waals surface area contributed by atoms with Crippen molar-refractivity contribution < 1.29 is 5.11 Å². The molecule has 0 radical (unpaired) electrons. The molecule has 0 unspecified atom stereocenters. The van der Waals surface area contributed by atoms with Gasteiger partial charge in [-0.05, 0) is 43.7 Å². The molecule has 27 heavy (non-hydrogen) atoms. The normalized spacial score (nSPS) is 25.1. The first-order chi connectivity index (χ1) is 13.2. The predicted molar refractivity (Wildman–Crippen MR) is 103 cm³/mol. The monoisotopic (exact) mass is 367 g/mol. The van der Waals surface area contributed by atoms with Gasteiger partial charge in [-0.25, -0.2) is 9.50 Å². The van der Waals surface area contributed by atoms with Crippen LogP contribution in [0.15, 0.2) is 30.9 Å². The Morgan fingerprint density at radius 3 is 3.04 bits per heavy atom. The van der Waals surface area contributed by atoms with Crippen molar-refractivity contribution in [1.82, 2.24) is 24.1 Å². The maximum absolute atomic E-state index is 9.65. The smallest absolute Gasteiger partial charge is 0.245 e. The number of hydrogen-bond acceptors (Lipinski definition) is 6. The van der Waals surface area contributed by atoms with Crippen molar-refractivity contribution in [2.24, 2.45) is 5.92 Å². The number of imidazole rings is 1. The number of aliphatic hydroxyl groups is 1. The van der Waals surface area contributed by atoms with E-state index in [1.54, 1.807) is 0 Å². The molecule has 4 heterocycles. The van der Waals surface area contributed by atoms with Crippen LogP contribution in [0.3, 0.4) is 0 Å². The van der Waals surface area contributed by atoms with Crippen molar-refractivity contribution in [2.75, 3.05) is 23.4 Å². The summed E-state index contributed by atoms with van der Waals surface area (Å²) in [5.74, 6) is 2.98. The maximum atomic E-state index is 9.65. The number of fused-ring (bicyclic) bond motifs is 1. The van der Waals surface area contributed by atoms with Crippen molar-refractivity contribution >= 4 is 23.1 Å². The Bertz CT molecular complexity index is 943. The lowest BCUT2D eigenvalue weighted by Crippen LogP contribution is -2.34. The number of nitrogens with zero attached hydrogens (tertiary/aromatic N) is 6. The number of aliphatic hydroxyl groups excluding tert-OH is 1. The molecule has 8 nitrogen and oxygen atoms in total. The van der Waals surface area contributed by atoms with Crippen molar-refractivity contribution in [3.05, 3.63) is 30.9 Å². The van der Waals surface area contributed by atoms with Gasteiger partial charge in [0.15, 0.2) is 5.82 Å². The molecule has 142 valence electrons. The lowest BCUT2D eigenvalue weighted by Gasteiger charge is -2.33. The van der Waals surface area contributed by atoms with Gasteiger partial charge < -0.3 is 19.9 Å². The molecular weight excluding hydrogens is 342 g/mol. The van der Waals surface area contributed by atoms with E-state index in [2.05, 4.69) is 38.0 Å². The Kier molecular flexibility index (Phi) is 4.00. The van der Waals surface area contributed by atoms with Gasteiger partial charge in [0.1, 0.15) is 11.3 Å². The van der Waals surface area contributed by atoms with Gasteiger partial charge in [-0.1, -0.05) is 6.92 Å². The molecule has 0 amide bonds. The van der Waals surface area contributed by atoms with Crippen LogP contribution in [0.1, 0.15) is 38.6 Å². The Morgan fingerprint density at radius 1 is 1.33 bits per heavy atom. The van der Waals surface area contributed by atoms with Crippen molar-refractivity contribution in [3.63, 3.8) is 0 Å². The highest BCUT2D eigenvalue weighted by atomic mass is 16.3. The maximum Gasteiger partial charge on any atom is 0.245 e. The summed E-state index contributed by atoms with van der Waals surface area (Å²) in [7, 11) is 0. The van der Waals surface area contributed by atoms with Crippen LogP contribution in [0, 0.1) is 5.92 Å². The van der Waals surface area contributed by atoms with Gasteiger partial charge in [0.05, 0.1) is 19.0 Å². The summed E-state index contributed by atoms with van der Waals surface area (Å²) < 4.78 is 4.03. The van der Waals surface area contributed by atoms with Crippen LogP contribution in [0.4, 0.5) is 17.6 Å². The molecule has 1 atom stereocenters. The SMILES string of the molecule is CC1CC(n2cnc(Nc3nc(N4CCC[C@H]4CO)nn4cccc34)c2)C1. The number of nitrogens with one attached hydrogen (secondary N) is 1. The summed E-state index contributed by atoms with van der Waals surface area (Å²) in [6, 6.07) is 4.60. The van der Waals surface area contributed by atoms with Gasteiger partial charge in [-0.15, -0.1) is 5.10 Å². The van der Waals surface area contributed by atoms with Crippen molar-refractivity contribution in [2.45, 2.75) is 44.7 Å². The fourth-order valence-electron chi connectivity index (χ4n) is 4.25. The zero-order chi connectivity index (χ0) is 18.4. The van der Waals surface area contributed by atoms with Gasteiger partial charge in [-0.2, -0.15) is 4.98 Å². The Hall–Kier alpha value is -2.61. The Morgan fingerprint density at radius 2 is 2.22 bits per heavy atom. The molecule has 2 N–H and O–H groups in total. The zero-order valence-corrected chi connectivity index (χ0v) is 15.5. The third-order valence-electron chi connectivity index (χ3n) is 5.84. The van der Waals surface area contributed by atoms with Crippen LogP contribution in [0.25, 0.3) is 5.52 Å². The minimum atomic E-state index is 0.0886. The fraction of sp³-hybridized carbons (Fsp3) is 0.526. The van der Waals surface area contributed by atoms with Crippen LogP contribution < -0.4 is 10.2 Å². The van der Waals surface area contributed by atoms with E-state index in [-0.39, 0.29) is 12.6 Å². The lowest BCUT2D eigenvalue weighted by atomic mass is 9.82. The van der Waals surface area contributed by atoms with Gasteiger partial charge >= 0.3 is 0 Å². The number of anilines is 3. The highest BCUT2D eigenvalue weighted by Crippen LogP contribution is 2.37. The molecule has 5 rings (SSSR count). The molecule has 2 fully saturated rings. The summed E-state index contributed by atoms with van der Waals surface area (Å²) in [6.07, 6.45) is 10.3. The first-order valence-corrected chi connectivity index (χ1v) is 9.74. The van der Waals surface area contributed by atoms with Crippen LogP contribution >= 0.6 is 0 Å². The standard InChI is InChI=1S/C19H25N7O/c1-13-8-15(9-13)24-10-17(20-12-24)21-18-16-5-3-7-26(16)23-19(22-18)25-6-2-4-14(25)11-27/h3,5,7,10,12-15,27H,2,4,6,8-9,11H2,1H3,(H,21,22,23)/t13?,14-,15?/m0/s1. The van der Waals surface area contributed by atoms with Crippen LogP contribution in [-0.2, 0) is 0 Å². The van der Waals surface area contributed by atoms with E-state index in [9.17, 15) is 5.11 Å². The molecule has 1 aliphatic heterocycles. The number of aromatic nitrogens is 5. The third-order valence-corrected chi connectivity index (χ3v) is 5.84. The number of hydrogen-bond donors (Lipinski definition) is 2. The quantitative estimate of drug-likeness (QED) is 0.721. The van der Waals surface area contributed by atoms with E-state index in [1.807, 2.05) is 29.2 Å². The van der Waals surface area contributed by atoms with Gasteiger partial charge in [0.25, 0.3) is 0 Å². The number of rotatable bonds is 5. The predicted octanol–water partition coefficient (Wildman–Crippen LogP) is 2.60. The van der Waals surface area contributed by atoms with E-state index in [0.29, 0.717) is 12.0 Å². The molecule has 0 spiro atoms. The van der Waals surface area contributed by atoms with Gasteiger partial charge in [0.2, 0.25) is 5.95 Å². The summed E-state index contributed by atoms with van der Waals surface area (Å²) in [5.41, 5.74) is 0.908. The van der Waals surface area contributed by atoms with Crippen LogP contribution in [-0.4, -0.2) is 48.4 Å². The van der Waals surface area contributed by atoms with Crippen LogP contribution in [0.2, 0.25) is 0 Å². The summed E-state index contributed by atoms with van der Waals surface area (Å²) in [4.78, 5) is 11.4. The summed E-state index contributed by atoms with van der Waals surface area (Å²) in [6.45, 7) is 3.28. The average Bonchev–Trinajstić information content (AvgIpc) is 3.38. The zero-order valence-electron chi connectivity index (χ0n) is 15.5. The minimum absolute atomic E-state index is 0.0886. The second-order valence-corrected chi connectivity index (χ2v) is 7.83. The molecule has 2 aliphatic rings. The van der Waals surface area contributed by atoms with E-state index < -0.39 is 0 Å². The molecule has 0 bridgehead atoms. The molecule has 3 aromatic heterocycles. The van der Waals surface area contributed by atoms with Crippen molar-refractivity contribution in [3.8, 4) is 0 Å². The Balaban J connectivity index is 1.45.